The highest BCUT2D eigenvalue weighted by molar-refractivity contribution is 9.10. The summed E-state index contributed by atoms with van der Waals surface area (Å²) in [6.07, 6.45) is 8.15. The van der Waals surface area contributed by atoms with Crippen LogP contribution in [-0.2, 0) is 9.47 Å². The molecule has 9 heteroatoms. The Morgan fingerprint density at radius 1 is 0.974 bits per heavy atom. The van der Waals surface area contributed by atoms with Crippen molar-refractivity contribution in [3.05, 3.63) is 65.0 Å². The number of nitrogens with two attached hydrogens (primary N) is 1. The minimum Gasteiger partial charge on any atom is -0.383 e. The molecule has 0 amide bonds. The summed E-state index contributed by atoms with van der Waals surface area (Å²) in [5.74, 6) is 0.908. The maximum absolute atomic E-state index is 6.54. The van der Waals surface area contributed by atoms with Gasteiger partial charge in [0.2, 0.25) is 0 Å². The molecule has 0 bridgehead atoms. The van der Waals surface area contributed by atoms with Crippen molar-refractivity contribution in [1.29, 1.82) is 0 Å². The zero-order valence-electron chi connectivity index (χ0n) is 21.4. The number of rotatable bonds is 7. The molecular weight excluding hydrogens is 544 g/mol. The van der Waals surface area contributed by atoms with Crippen LogP contribution in [0.1, 0.15) is 37.3 Å². The van der Waals surface area contributed by atoms with E-state index in [1.54, 1.807) is 4.52 Å². The summed E-state index contributed by atoms with van der Waals surface area (Å²) >= 11 is 3.73. The molecule has 4 aromatic rings. The fourth-order valence-electron chi connectivity index (χ4n) is 5.50. The molecule has 1 saturated carbocycles. The summed E-state index contributed by atoms with van der Waals surface area (Å²) in [6.45, 7) is 5.43. The van der Waals surface area contributed by atoms with Gasteiger partial charge >= 0.3 is 0 Å². The Morgan fingerprint density at radius 3 is 2.50 bits per heavy atom. The number of ether oxygens (including phenoxy) is 2. The van der Waals surface area contributed by atoms with Crippen LogP contribution in [0.25, 0.3) is 28.0 Å². The second-order valence-electron chi connectivity index (χ2n) is 10.1. The van der Waals surface area contributed by atoms with E-state index in [0.29, 0.717) is 17.8 Å². The predicted octanol–water partition coefficient (Wildman–Crippen LogP) is 5.18. The third-order valence-electron chi connectivity index (χ3n) is 7.72. The average molecular weight is 578 g/mol. The van der Waals surface area contributed by atoms with E-state index in [2.05, 4.69) is 44.1 Å². The van der Waals surface area contributed by atoms with Gasteiger partial charge in [0.25, 0.3) is 0 Å². The van der Waals surface area contributed by atoms with Crippen LogP contribution >= 0.6 is 15.9 Å². The second kappa shape index (κ2) is 11.5. The summed E-state index contributed by atoms with van der Waals surface area (Å²) in [5.41, 5.74) is 12.2. The van der Waals surface area contributed by atoms with Gasteiger partial charge in [-0.2, -0.15) is 9.61 Å². The van der Waals surface area contributed by atoms with E-state index in [9.17, 15) is 0 Å². The molecule has 4 heterocycles. The van der Waals surface area contributed by atoms with Crippen molar-refractivity contribution in [2.24, 2.45) is 0 Å². The zero-order valence-corrected chi connectivity index (χ0v) is 23.0. The number of pyridine rings is 1. The quantitative estimate of drug-likeness (QED) is 0.324. The van der Waals surface area contributed by atoms with Crippen LogP contribution < -0.4 is 5.73 Å². The molecule has 2 N–H and O–H groups in total. The van der Waals surface area contributed by atoms with Crippen LogP contribution in [0.5, 0.6) is 0 Å². The van der Waals surface area contributed by atoms with Gasteiger partial charge in [-0.25, -0.2) is 4.98 Å². The van der Waals surface area contributed by atoms with Gasteiger partial charge < -0.3 is 15.2 Å². The minimum absolute atomic E-state index is 0.312. The number of hydrogen-bond acceptors (Lipinski definition) is 7. The molecule has 8 nitrogen and oxygen atoms in total. The monoisotopic (exact) mass is 576 g/mol. The Kier molecular flexibility index (Phi) is 7.69. The Bertz CT molecular complexity index is 1360. The normalized spacial score (nSPS) is 20.7. The topological polar surface area (TPSA) is 90.8 Å². The number of hydrogen-bond donors (Lipinski definition) is 1. The highest BCUT2D eigenvalue weighted by Crippen LogP contribution is 2.39. The number of nitrogens with zero attached hydrogens (tertiary/aromatic N) is 5. The molecule has 1 saturated heterocycles. The SMILES string of the molecule is Nc1c(Br)c(C2CCC(OCCN3CCOCC3)CC2)nc2c(-c3ccc(-c4ccccc4)nc3)cnn12. The first-order valence-corrected chi connectivity index (χ1v) is 14.2. The van der Waals surface area contributed by atoms with Crippen LogP contribution in [0, 0.1) is 0 Å². The lowest BCUT2D eigenvalue weighted by atomic mass is 9.85. The third-order valence-corrected chi connectivity index (χ3v) is 8.53. The maximum atomic E-state index is 6.54. The molecular formula is C29H33BrN6O2. The molecule has 38 heavy (non-hydrogen) atoms. The molecule has 1 aliphatic carbocycles. The van der Waals surface area contributed by atoms with E-state index in [4.69, 9.17) is 25.2 Å². The maximum Gasteiger partial charge on any atom is 0.165 e. The Balaban J connectivity index is 1.16. The van der Waals surface area contributed by atoms with Gasteiger partial charge in [-0.05, 0) is 47.7 Å². The highest BCUT2D eigenvalue weighted by atomic mass is 79.9. The van der Waals surface area contributed by atoms with Crippen molar-refractivity contribution >= 4 is 27.4 Å². The number of halogens is 1. The fraction of sp³-hybridized carbons (Fsp3) is 0.414. The molecule has 2 aliphatic rings. The van der Waals surface area contributed by atoms with Crippen molar-refractivity contribution in [2.75, 3.05) is 45.2 Å². The number of benzene rings is 1. The standard InChI is InChI=1S/C29H33BrN6O2/c30-26-27(21-6-9-23(10-7-21)38-17-14-35-12-15-37-16-13-35)34-29-24(19-33-36(29)28(26)31)22-8-11-25(32-18-22)20-4-2-1-3-5-20/h1-5,8,11,18-19,21,23H,6-7,9-10,12-17,31H2. The first-order chi connectivity index (χ1) is 18.7. The van der Waals surface area contributed by atoms with E-state index in [1.807, 2.05) is 36.7 Å². The van der Waals surface area contributed by atoms with Gasteiger partial charge in [0.1, 0.15) is 5.82 Å². The van der Waals surface area contributed by atoms with Crippen LogP contribution in [0.15, 0.2) is 59.3 Å². The Morgan fingerprint density at radius 2 is 1.76 bits per heavy atom. The third kappa shape index (κ3) is 5.33. The second-order valence-corrected chi connectivity index (χ2v) is 10.9. The molecule has 0 unspecified atom stereocenters. The largest absolute Gasteiger partial charge is 0.383 e. The van der Waals surface area contributed by atoms with Gasteiger partial charge in [-0.15, -0.1) is 0 Å². The number of morpholine rings is 1. The average Bonchev–Trinajstić information content (AvgIpc) is 3.41. The van der Waals surface area contributed by atoms with Gasteiger partial charge in [0.05, 0.1) is 48.0 Å². The van der Waals surface area contributed by atoms with Crippen LogP contribution in [0.2, 0.25) is 0 Å². The lowest BCUT2D eigenvalue weighted by molar-refractivity contribution is -0.0101. The first kappa shape index (κ1) is 25.4. The Labute approximate surface area is 231 Å². The number of aromatic nitrogens is 4. The fourth-order valence-corrected chi connectivity index (χ4v) is 6.08. The summed E-state index contributed by atoms with van der Waals surface area (Å²) < 4.78 is 14.2. The van der Waals surface area contributed by atoms with Crippen LogP contribution in [0.3, 0.4) is 0 Å². The highest BCUT2D eigenvalue weighted by Gasteiger charge is 2.28. The van der Waals surface area contributed by atoms with Gasteiger partial charge in [-0.1, -0.05) is 36.4 Å². The van der Waals surface area contributed by atoms with Crippen molar-refractivity contribution in [1.82, 2.24) is 24.5 Å². The van der Waals surface area contributed by atoms with Gasteiger partial charge in [-0.3, -0.25) is 9.88 Å². The van der Waals surface area contributed by atoms with Gasteiger partial charge in [0, 0.05) is 48.4 Å². The van der Waals surface area contributed by atoms with E-state index in [-0.39, 0.29) is 0 Å². The van der Waals surface area contributed by atoms with E-state index >= 15 is 0 Å². The molecule has 3 aromatic heterocycles. The summed E-state index contributed by atoms with van der Waals surface area (Å²) in [5, 5.41) is 4.55. The minimum atomic E-state index is 0.312. The zero-order chi connectivity index (χ0) is 25.9. The molecule has 198 valence electrons. The molecule has 6 rings (SSSR count). The van der Waals surface area contributed by atoms with Crippen LogP contribution in [-0.4, -0.2) is 70.0 Å². The van der Waals surface area contributed by atoms with Crippen LogP contribution in [0.4, 0.5) is 5.82 Å². The smallest absolute Gasteiger partial charge is 0.165 e. The summed E-state index contributed by atoms with van der Waals surface area (Å²) in [6, 6.07) is 14.3. The molecule has 1 aromatic carbocycles. The van der Waals surface area contributed by atoms with Crippen molar-refractivity contribution in [3.8, 4) is 22.4 Å². The van der Waals surface area contributed by atoms with E-state index in [1.165, 1.54) is 0 Å². The number of anilines is 1. The number of nitrogen functional groups attached to an aromatic ring is 1. The molecule has 1 aliphatic heterocycles. The first-order valence-electron chi connectivity index (χ1n) is 13.4. The van der Waals surface area contributed by atoms with E-state index < -0.39 is 0 Å². The number of fused-ring (bicyclic) bond motifs is 1. The molecule has 2 fully saturated rings. The molecule has 0 atom stereocenters. The van der Waals surface area contributed by atoms with Crippen molar-refractivity contribution in [2.45, 2.75) is 37.7 Å². The summed E-state index contributed by atoms with van der Waals surface area (Å²) in [7, 11) is 0. The lowest BCUT2D eigenvalue weighted by Gasteiger charge is -2.31. The summed E-state index contributed by atoms with van der Waals surface area (Å²) in [4.78, 5) is 12.2. The molecule has 0 radical (unpaired) electrons. The predicted molar refractivity (Wildman–Crippen MR) is 152 cm³/mol. The van der Waals surface area contributed by atoms with Crippen molar-refractivity contribution in [3.63, 3.8) is 0 Å². The lowest BCUT2D eigenvalue weighted by Crippen LogP contribution is -2.39. The molecule has 0 spiro atoms. The van der Waals surface area contributed by atoms with Crippen molar-refractivity contribution < 1.29 is 9.47 Å². The van der Waals surface area contributed by atoms with E-state index in [0.717, 1.165) is 103 Å². The van der Waals surface area contributed by atoms with Gasteiger partial charge in [0.15, 0.2) is 5.65 Å². The Hall–Kier alpha value is -2.85.